The second kappa shape index (κ2) is 8.12. The maximum Gasteiger partial charge on any atom is 0.204 e. The van der Waals surface area contributed by atoms with Crippen molar-refractivity contribution in [2.75, 3.05) is 19.0 Å². The normalized spacial score (nSPS) is 11.9. The highest BCUT2D eigenvalue weighted by atomic mass is 16.5. The average Bonchev–Trinajstić information content (AvgIpc) is 3.05. The van der Waals surface area contributed by atoms with Crippen LogP contribution >= 0.6 is 0 Å². The number of aryl methyl sites for hydroxylation is 1. The van der Waals surface area contributed by atoms with Crippen LogP contribution < -0.4 is 10.1 Å². The summed E-state index contributed by atoms with van der Waals surface area (Å²) in [6, 6.07) is 5.79. The lowest BCUT2D eigenvalue weighted by Gasteiger charge is -2.16. The lowest BCUT2D eigenvalue weighted by Crippen LogP contribution is -2.19. The average molecular weight is 383 g/mol. The van der Waals surface area contributed by atoms with Gasteiger partial charge in [-0.3, -0.25) is 9.20 Å². The molecule has 0 saturated carbocycles. The number of nitrogens with one attached hydrogen (secondary N) is 1. The van der Waals surface area contributed by atoms with Gasteiger partial charge < -0.3 is 10.1 Å². The van der Waals surface area contributed by atoms with Crippen molar-refractivity contribution >= 4 is 28.3 Å². The van der Waals surface area contributed by atoms with Crippen molar-refractivity contribution in [3.63, 3.8) is 0 Å². The van der Waals surface area contributed by atoms with Crippen LogP contribution in [0.4, 0.5) is 5.82 Å². The standard InChI is InChI=1S/C21H29N5O2/c1-14-24-25-20-19(22-12-8-6-7-9-18(27)21(2,3)4)23-16-11-10-15(28-5)13-17(16)26(14)20/h10-11,13H,6-9,12H2,1-5H3,(H,22,23). The molecule has 0 radical (unpaired) electrons. The van der Waals surface area contributed by atoms with E-state index in [1.807, 2.05) is 50.3 Å². The van der Waals surface area contributed by atoms with Gasteiger partial charge in [0.25, 0.3) is 0 Å². The van der Waals surface area contributed by atoms with Crippen molar-refractivity contribution in [3.05, 3.63) is 24.0 Å². The molecule has 2 aromatic heterocycles. The first-order chi connectivity index (χ1) is 13.3. The van der Waals surface area contributed by atoms with Crippen molar-refractivity contribution in [2.24, 2.45) is 5.41 Å². The van der Waals surface area contributed by atoms with E-state index in [1.54, 1.807) is 7.11 Å². The summed E-state index contributed by atoms with van der Waals surface area (Å²) >= 11 is 0. The van der Waals surface area contributed by atoms with Gasteiger partial charge >= 0.3 is 0 Å². The van der Waals surface area contributed by atoms with Gasteiger partial charge in [0.15, 0.2) is 5.82 Å². The Morgan fingerprint density at radius 3 is 2.68 bits per heavy atom. The smallest absolute Gasteiger partial charge is 0.204 e. The molecule has 7 heteroatoms. The van der Waals surface area contributed by atoms with E-state index in [1.165, 1.54) is 0 Å². The molecule has 3 aromatic rings. The summed E-state index contributed by atoms with van der Waals surface area (Å²) in [5.41, 5.74) is 2.24. The number of hydrogen-bond acceptors (Lipinski definition) is 6. The molecule has 0 unspecified atom stereocenters. The third kappa shape index (κ3) is 4.24. The topological polar surface area (TPSA) is 81.4 Å². The molecule has 3 rings (SSSR count). The zero-order valence-electron chi connectivity index (χ0n) is 17.4. The van der Waals surface area contributed by atoms with Crippen molar-refractivity contribution < 1.29 is 9.53 Å². The van der Waals surface area contributed by atoms with Gasteiger partial charge in [0.2, 0.25) is 5.65 Å². The Labute approximate surface area is 165 Å². The molecule has 150 valence electrons. The number of benzene rings is 1. The predicted octanol–water partition coefficient (Wildman–Crippen LogP) is 4.18. The number of ketones is 1. The van der Waals surface area contributed by atoms with E-state index in [9.17, 15) is 4.79 Å². The molecule has 1 aromatic carbocycles. The van der Waals surface area contributed by atoms with Crippen LogP contribution in [0.1, 0.15) is 52.3 Å². The number of nitrogens with zero attached hydrogens (tertiary/aromatic N) is 4. The zero-order valence-corrected chi connectivity index (χ0v) is 17.4. The number of anilines is 1. The van der Waals surface area contributed by atoms with Gasteiger partial charge in [-0.2, -0.15) is 0 Å². The summed E-state index contributed by atoms with van der Waals surface area (Å²) in [5.74, 6) is 2.63. The fraction of sp³-hybridized carbons (Fsp3) is 0.524. The fourth-order valence-corrected chi connectivity index (χ4v) is 3.17. The van der Waals surface area contributed by atoms with E-state index in [-0.39, 0.29) is 5.41 Å². The largest absolute Gasteiger partial charge is 0.497 e. The number of fused-ring (bicyclic) bond motifs is 3. The van der Waals surface area contributed by atoms with Crippen LogP contribution in [0.3, 0.4) is 0 Å². The van der Waals surface area contributed by atoms with Crippen molar-refractivity contribution in [1.82, 2.24) is 19.6 Å². The number of methoxy groups -OCH3 is 1. The molecule has 0 aliphatic carbocycles. The van der Waals surface area contributed by atoms with Crippen molar-refractivity contribution in [1.29, 1.82) is 0 Å². The highest BCUT2D eigenvalue weighted by molar-refractivity contribution is 5.84. The number of unbranched alkanes of at least 4 members (excludes halogenated alkanes) is 2. The monoisotopic (exact) mass is 383 g/mol. The minimum Gasteiger partial charge on any atom is -0.497 e. The summed E-state index contributed by atoms with van der Waals surface area (Å²) in [7, 11) is 1.65. The molecule has 28 heavy (non-hydrogen) atoms. The SMILES string of the molecule is COc1ccc2nc(NCCCCCC(=O)C(C)(C)C)c3nnc(C)n3c2c1. The Morgan fingerprint density at radius 2 is 1.96 bits per heavy atom. The molecule has 7 nitrogen and oxygen atoms in total. The minimum atomic E-state index is -0.243. The first-order valence-corrected chi connectivity index (χ1v) is 9.78. The van der Waals surface area contributed by atoms with E-state index in [4.69, 9.17) is 9.72 Å². The zero-order chi connectivity index (χ0) is 20.3. The first-order valence-electron chi connectivity index (χ1n) is 9.78. The van der Waals surface area contributed by atoms with Crippen LogP contribution in [0.5, 0.6) is 5.75 Å². The van der Waals surface area contributed by atoms with Gasteiger partial charge in [-0.15, -0.1) is 10.2 Å². The molecule has 0 bridgehead atoms. The van der Waals surface area contributed by atoms with E-state index in [0.717, 1.165) is 54.2 Å². The number of Topliss-reactive ketones (excluding diaryl/α,β-unsaturated/α-hetero) is 1. The third-order valence-corrected chi connectivity index (χ3v) is 4.90. The molecule has 0 aliphatic heterocycles. The van der Waals surface area contributed by atoms with Crippen LogP contribution in [0.25, 0.3) is 16.7 Å². The Balaban J connectivity index is 1.67. The number of hydrogen-bond donors (Lipinski definition) is 1. The van der Waals surface area contributed by atoms with E-state index in [0.29, 0.717) is 17.9 Å². The number of aromatic nitrogens is 4. The lowest BCUT2D eigenvalue weighted by atomic mass is 9.88. The van der Waals surface area contributed by atoms with Gasteiger partial charge in [0.05, 0.1) is 18.1 Å². The molecule has 0 saturated heterocycles. The Hall–Kier alpha value is -2.70. The molecular weight excluding hydrogens is 354 g/mol. The molecule has 1 N–H and O–H groups in total. The molecule has 0 spiro atoms. The van der Waals surface area contributed by atoms with Gasteiger partial charge in [-0.1, -0.05) is 27.2 Å². The molecule has 0 fully saturated rings. The number of rotatable bonds is 8. The quantitative estimate of drug-likeness (QED) is 0.588. The molecular formula is C21H29N5O2. The summed E-state index contributed by atoms with van der Waals surface area (Å²) in [6.07, 6.45) is 3.54. The van der Waals surface area contributed by atoms with Crippen molar-refractivity contribution in [3.8, 4) is 5.75 Å². The van der Waals surface area contributed by atoms with Gasteiger partial charge in [0, 0.05) is 24.4 Å². The molecule has 0 aliphatic rings. The second-order valence-electron chi connectivity index (χ2n) is 8.13. The summed E-state index contributed by atoms with van der Waals surface area (Å²) in [5, 5.41) is 11.9. The van der Waals surface area contributed by atoms with Gasteiger partial charge in [-0.05, 0) is 31.9 Å². The molecule has 0 amide bonds. The second-order valence-corrected chi connectivity index (χ2v) is 8.13. The van der Waals surface area contributed by atoms with Gasteiger partial charge in [0.1, 0.15) is 17.4 Å². The maximum atomic E-state index is 12.0. The van der Waals surface area contributed by atoms with E-state index < -0.39 is 0 Å². The fourth-order valence-electron chi connectivity index (χ4n) is 3.17. The van der Waals surface area contributed by atoms with Crippen molar-refractivity contribution in [2.45, 2.75) is 53.4 Å². The Morgan fingerprint density at radius 1 is 1.18 bits per heavy atom. The predicted molar refractivity (Wildman–Crippen MR) is 111 cm³/mol. The first kappa shape index (κ1) is 20.0. The van der Waals surface area contributed by atoms with Crippen LogP contribution in [-0.2, 0) is 4.79 Å². The highest BCUT2D eigenvalue weighted by Gasteiger charge is 2.20. The molecule has 0 atom stereocenters. The van der Waals surface area contributed by atoms with Crippen LogP contribution in [-0.4, -0.2) is 39.0 Å². The Kier molecular flexibility index (Phi) is 5.82. The highest BCUT2D eigenvalue weighted by Crippen LogP contribution is 2.25. The van der Waals surface area contributed by atoms with E-state index >= 15 is 0 Å². The van der Waals surface area contributed by atoms with Crippen LogP contribution in [0.2, 0.25) is 0 Å². The van der Waals surface area contributed by atoms with E-state index in [2.05, 4.69) is 15.5 Å². The maximum absolute atomic E-state index is 12.0. The summed E-state index contributed by atoms with van der Waals surface area (Å²) in [6.45, 7) is 8.63. The number of ether oxygens (including phenoxy) is 1. The Bertz CT molecular complexity index is 988. The van der Waals surface area contributed by atoms with Gasteiger partial charge in [-0.25, -0.2) is 4.98 Å². The van der Waals surface area contributed by atoms with Crippen LogP contribution in [0.15, 0.2) is 18.2 Å². The third-order valence-electron chi connectivity index (χ3n) is 4.90. The summed E-state index contributed by atoms with van der Waals surface area (Å²) in [4.78, 5) is 16.7. The number of carbonyl (C=O) groups is 1. The minimum absolute atomic E-state index is 0.243. The number of carbonyl (C=O) groups excluding carboxylic acids is 1. The summed E-state index contributed by atoms with van der Waals surface area (Å²) < 4.78 is 7.33. The lowest BCUT2D eigenvalue weighted by molar-refractivity contribution is -0.126. The van der Waals surface area contributed by atoms with Crippen LogP contribution in [0, 0.1) is 12.3 Å². The molecule has 2 heterocycles.